The lowest BCUT2D eigenvalue weighted by molar-refractivity contribution is -0.137. The van der Waals surface area contributed by atoms with Crippen LogP contribution >= 0.6 is 11.3 Å². The van der Waals surface area contributed by atoms with Gasteiger partial charge in [-0.1, -0.05) is 12.1 Å². The van der Waals surface area contributed by atoms with Crippen molar-refractivity contribution in [1.29, 1.82) is 5.26 Å². The predicted octanol–water partition coefficient (Wildman–Crippen LogP) is 6.57. The van der Waals surface area contributed by atoms with Crippen LogP contribution in [0.5, 0.6) is 0 Å². The van der Waals surface area contributed by atoms with Gasteiger partial charge in [-0.2, -0.15) is 18.4 Å². The van der Waals surface area contributed by atoms with Crippen molar-refractivity contribution in [3.63, 3.8) is 0 Å². The van der Waals surface area contributed by atoms with Crippen molar-refractivity contribution in [2.45, 2.75) is 31.4 Å². The maximum absolute atomic E-state index is 13.5. The number of thiophene rings is 1. The van der Waals surface area contributed by atoms with Gasteiger partial charge in [0.25, 0.3) is 0 Å². The van der Waals surface area contributed by atoms with Gasteiger partial charge in [0.05, 0.1) is 23.1 Å². The summed E-state index contributed by atoms with van der Waals surface area (Å²) in [4.78, 5) is 15.7. The van der Waals surface area contributed by atoms with Crippen LogP contribution in [0.3, 0.4) is 0 Å². The molecule has 1 aliphatic carbocycles. The molecule has 33 heavy (non-hydrogen) atoms. The zero-order valence-electron chi connectivity index (χ0n) is 17.3. The molecule has 0 spiro atoms. The van der Waals surface area contributed by atoms with Crippen molar-refractivity contribution in [3.05, 3.63) is 93.6 Å². The predicted molar refractivity (Wildman–Crippen MR) is 120 cm³/mol. The lowest BCUT2D eigenvalue weighted by atomic mass is 9.78. The van der Waals surface area contributed by atoms with Gasteiger partial charge in [0.2, 0.25) is 0 Å². The SMILES string of the molecule is N#CC1=C(n2cccc2)N(c2cccc(C(F)(F)F)c2)C2=C(C(=O)CCC2)C1c1cccs1. The molecule has 0 fully saturated rings. The van der Waals surface area contributed by atoms with Crippen LogP contribution in [-0.4, -0.2) is 10.4 Å². The normalized spacial score (nSPS) is 19.0. The minimum Gasteiger partial charge on any atom is -0.309 e. The third-order valence-electron chi connectivity index (χ3n) is 5.96. The van der Waals surface area contributed by atoms with E-state index < -0.39 is 17.7 Å². The summed E-state index contributed by atoms with van der Waals surface area (Å²) in [5, 5.41) is 12.2. The van der Waals surface area contributed by atoms with Crippen LogP contribution in [0.25, 0.3) is 5.82 Å². The zero-order chi connectivity index (χ0) is 23.2. The molecule has 1 atom stereocenters. The molecule has 0 amide bonds. The van der Waals surface area contributed by atoms with E-state index in [2.05, 4.69) is 6.07 Å². The fraction of sp³-hybridized carbons (Fsp3) is 0.200. The summed E-state index contributed by atoms with van der Waals surface area (Å²) in [6.45, 7) is 0. The second kappa shape index (κ2) is 8.09. The molecular formula is C25H18F3N3OS. The van der Waals surface area contributed by atoms with Gasteiger partial charge in [-0.05, 0) is 54.6 Å². The quantitative estimate of drug-likeness (QED) is 0.440. The first-order valence-electron chi connectivity index (χ1n) is 10.4. The fourth-order valence-electron chi connectivity index (χ4n) is 4.61. The van der Waals surface area contributed by atoms with Gasteiger partial charge in [-0.25, -0.2) is 0 Å². The Kier molecular flexibility index (Phi) is 5.22. The van der Waals surface area contributed by atoms with Crippen molar-refractivity contribution in [3.8, 4) is 6.07 Å². The van der Waals surface area contributed by atoms with Gasteiger partial charge >= 0.3 is 6.18 Å². The summed E-state index contributed by atoms with van der Waals surface area (Å²) < 4.78 is 42.4. The number of anilines is 1. The van der Waals surface area contributed by atoms with Crippen molar-refractivity contribution >= 4 is 28.6 Å². The number of nitrogens with zero attached hydrogens (tertiary/aromatic N) is 3. The van der Waals surface area contributed by atoms with Crippen molar-refractivity contribution in [1.82, 2.24) is 4.57 Å². The van der Waals surface area contributed by atoms with Crippen molar-refractivity contribution < 1.29 is 18.0 Å². The molecule has 166 valence electrons. The summed E-state index contributed by atoms with van der Waals surface area (Å²) in [6, 6.07) is 14.7. The smallest absolute Gasteiger partial charge is 0.309 e. The van der Waals surface area contributed by atoms with E-state index in [1.807, 2.05) is 17.5 Å². The van der Waals surface area contributed by atoms with Crippen LogP contribution in [0.4, 0.5) is 18.9 Å². The highest BCUT2D eigenvalue weighted by Gasteiger charge is 2.42. The molecule has 0 radical (unpaired) electrons. The number of Topliss-reactive ketones (excluding diaryl/α,β-unsaturated/α-hetero) is 1. The Morgan fingerprint density at radius 3 is 2.52 bits per heavy atom. The Morgan fingerprint density at radius 1 is 1.06 bits per heavy atom. The number of hydrogen-bond donors (Lipinski definition) is 0. The van der Waals surface area contributed by atoms with Gasteiger partial charge in [0.1, 0.15) is 5.82 Å². The zero-order valence-corrected chi connectivity index (χ0v) is 18.2. The number of alkyl halides is 3. The van der Waals surface area contributed by atoms with E-state index in [1.165, 1.54) is 17.4 Å². The lowest BCUT2D eigenvalue weighted by Gasteiger charge is -2.41. The number of ketones is 1. The number of allylic oxidation sites excluding steroid dienone is 3. The first-order chi connectivity index (χ1) is 15.9. The van der Waals surface area contributed by atoms with E-state index in [-0.39, 0.29) is 11.5 Å². The number of rotatable bonds is 3. The maximum atomic E-state index is 13.5. The first-order valence-corrected chi connectivity index (χ1v) is 11.3. The van der Waals surface area contributed by atoms with E-state index in [4.69, 9.17) is 0 Å². The molecule has 5 rings (SSSR count). The monoisotopic (exact) mass is 465 g/mol. The fourth-order valence-corrected chi connectivity index (χ4v) is 5.46. The number of halogens is 3. The van der Waals surface area contributed by atoms with Crippen LogP contribution in [0.2, 0.25) is 0 Å². The lowest BCUT2D eigenvalue weighted by Crippen LogP contribution is -2.36. The number of nitriles is 1. The average Bonchev–Trinajstić information content (AvgIpc) is 3.51. The van der Waals surface area contributed by atoms with Crippen LogP contribution in [0.1, 0.15) is 35.6 Å². The Balaban J connectivity index is 1.83. The molecule has 8 heteroatoms. The van der Waals surface area contributed by atoms with E-state index >= 15 is 0 Å². The highest BCUT2D eigenvalue weighted by molar-refractivity contribution is 7.10. The molecule has 1 unspecified atom stereocenters. The molecule has 0 saturated carbocycles. The van der Waals surface area contributed by atoms with Gasteiger partial charge in [0, 0.05) is 40.6 Å². The molecule has 2 aromatic heterocycles. The number of carbonyl (C=O) groups is 1. The summed E-state index contributed by atoms with van der Waals surface area (Å²) in [6.07, 6.45) is 0.493. The summed E-state index contributed by atoms with van der Waals surface area (Å²) in [7, 11) is 0. The topological polar surface area (TPSA) is 49.0 Å². The highest BCUT2D eigenvalue weighted by Crippen LogP contribution is 2.49. The number of carbonyl (C=O) groups excluding carboxylic acids is 1. The van der Waals surface area contributed by atoms with Crippen LogP contribution < -0.4 is 4.90 Å². The number of benzene rings is 1. The Hall–Kier alpha value is -3.57. The molecule has 4 nitrogen and oxygen atoms in total. The molecule has 1 aliphatic heterocycles. The summed E-state index contributed by atoms with van der Waals surface area (Å²) in [5.74, 6) is -0.156. The second-order valence-corrected chi connectivity index (χ2v) is 8.89. The third kappa shape index (κ3) is 3.58. The molecule has 0 N–H and O–H groups in total. The van der Waals surface area contributed by atoms with E-state index in [0.29, 0.717) is 41.9 Å². The Morgan fingerprint density at radius 2 is 1.85 bits per heavy atom. The van der Waals surface area contributed by atoms with Gasteiger partial charge in [-0.3, -0.25) is 9.69 Å². The average molecular weight is 466 g/mol. The minimum absolute atomic E-state index is 0.0640. The number of hydrogen-bond acceptors (Lipinski definition) is 4. The minimum atomic E-state index is -4.51. The summed E-state index contributed by atoms with van der Waals surface area (Å²) >= 11 is 1.46. The van der Waals surface area contributed by atoms with Crippen LogP contribution in [-0.2, 0) is 11.0 Å². The van der Waals surface area contributed by atoms with Crippen LogP contribution in [0, 0.1) is 11.3 Å². The van der Waals surface area contributed by atoms with Crippen molar-refractivity contribution in [2.75, 3.05) is 4.90 Å². The van der Waals surface area contributed by atoms with Gasteiger partial charge in [-0.15, -0.1) is 11.3 Å². The maximum Gasteiger partial charge on any atom is 0.416 e. The van der Waals surface area contributed by atoms with Gasteiger partial charge in [0.15, 0.2) is 5.78 Å². The van der Waals surface area contributed by atoms with Gasteiger partial charge < -0.3 is 4.57 Å². The second-order valence-electron chi connectivity index (χ2n) is 7.91. The molecular weight excluding hydrogens is 447 g/mol. The largest absolute Gasteiger partial charge is 0.416 e. The number of aromatic nitrogens is 1. The summed E-state index contributed by atoms with van der Waals surface area (Å²) in [5.41, 5.74) is 0.989. The van der Waals surface area contributed by atoms with E-state index in [1.54, 1.807) is 40.1 Å². The molecule has 1 aromatic carbocycles. The van der Waals surface area contributed by atoms with Crippen LogP contribution in [0.15, 0.2) is 83.1 Å². The first kappa shape index (κ1) is 21.3. The highest BCUT2D eigenvalue weighted by atomic mass is 32.1. The standard InChI is InChI=1S/C25H18F3N3OS/c26-25(27,28)16-6-3-7-17(14-16)31-19-8-4-9-20(32)23(19)22(21-10-5-13-33-21)18(15-29)24(31)30-11-1-2-12-30/h1-3,5-7,10-14,22H,4,8-9H2. The third-order valence-corrected chi connectivity index (χ3v) is 6.89. The van der Waals surface area contributed by atoms with E-state index in [9.17, 15) is 23.2 Å². The van der Waals surface area contributed by atoms with Crippen molar-refractivity contribution in [2.24, 2.45) is 0 Å². The molecule has 2 aliphatic rings. The molecule has 3 aromatic rings. The Labute approximate surface area is 192 Å². The molecule has 0 saturated heterocycles. The molecule has 0 bridgehead atoms. The molecule has 3 heterocycles. The van der Waals surface area contributed by atoms with E-state index in [0.717, 1.165) is 17.0 Å². The Bertz CT molecular complexity index is 1310.